The van der Waals surface area contributed by atoms with E-state index in [-0.39, 0.29) is 11.1 Å². The Bertz CT molecular complexity index is 399. The molecule has 1 unspecified atom stereocenters. The molecule has 0 saturated heterocycles. The lowest BCUT2D eigenvalue weighted by Crippen LogP contribution is -2.46. The molecule has 0 fully saturated rings. The van der Waals surface area contributed by atoms with Crippen molar-refractivity contribution in [3.63, 3.8) is 0 Å². The largest absolute Gasteiger partial charge is 0.407 e. The molecular formula is C16H28O2Si. The van der Waals surface area contributed by atoms with Gasteiger partial charge >= 0.3 is 0 Å². The van der Waals surface area contributed by atoms with Crippen LogP contribution in [0.5, 0.6) is 0 Å². The minimum Gasteiger partial charge on any atom is -0.407 e. The van der Waals surface area contributed by atoms with Crippen molar-refractivity contribution in [2.45, 2.75) is 64.5 Å². The number of rotatable bonds is 4. The zero-order chi connectivity index (χ0) is 14.9. The summed E-state index contributed by atoms with van der Waals surface area (Å²) in [5, 5.41) is 10.6. The molecule has 0 aliphatic heterocycles. The van der Waals surface area contributed by atoms with Crippen molar-refractivity contribution in [2.24, 2.45) is 0 Å². The molecular weight excluding hydrogens is 252 g/mol. The highest BCUT2D eigenvalue weighted by molar-refractivity contribution is 6.74. The SMILES string of the molecule is CC(C)(O)C(O[Si](C)(C)C(C)(C)C)c1ccccc1. The first-order valence-corrected chi connectivity index (χ1v) is 9.81. The van der Waals surface area contributed by atoms with Crippen molar-refractivity contribution in [3.8, 4) is 0 Å². The summed E-state index contributed by atoms with van der Waals surface area (Å²) < 4.78 is 6.44. The topological polar surface area (TPSA) is 29.5 Å². The number of hydrogen-bond donors (Lipinski definition) is 1. The van der Waals surface area contributed by atoms with Crippen LogP contribution >= 0.6 is 0 Å². The molecule has 0 saturated carbocycles. The lowest BCUT2D eigenvalue weighted by molar-refractivity contribution is -0.0421. The Morgan fingerprint density at radius 3 is 1.84 bits per heavy atom. The Labute approximate surface area is 118 Å². The molecule has 0 aromatic heterocycles. The number of hydrogen-bond acceptors (Lipinski definition) is 2. The Hall–Kier alpha value is -0.643. The Morgan fingerprint density at radius 1 is 1.00 bits per heavy atom. The van der Waals surface area contributed by atoms with E-state index in [0.717, 1.165) is 5.56 Å². The van der Waals surface area contributed by atoms with Gasteiger partial charge in [-0.25, -0.2) is 0 Å². The summed E-state index contributed by atoms with van der Waals surface area (Å²) in [6.07, 6.45) is -0.283. The van der Waals surface area contributed by atoms with Gasteiger partial charge in [0.05, 0.1) is 11.7 Å². The van der Waals surface area contributed by atoms with Crippen LogP contribution in [0.2, 0.25) is 18.1 Å². The van der Waals surface area contributed by atoms with Crippen LogP contribution < -0.4 is 0 Å². The molecule has 1 aromatic rings. The Kier molecular flexibility index (Phi) is 4.65. The summed E-state index contributed by atoms with van der Waals surface area (Å²) in [5.41, 5.74) is 0.150. The predicted molar refractivity (Wildman–Crippen MR) is 83.8 cm³/mol. The smallest absolute Gasteiger partial charge is 0.193 e. The van der Waals surface area contributed by atoms with Crippen LogP contribution in [0.15, 0.2) is 30.3 Å². The normalized spacial score (nSPS) is 15.4. The van der Waals surface area contributed by atoms with Crippen molar-refractivity contribution >= 4 is 8.32 Å². The van der Waals surface area contributed by atoms with Crippen LogP contribution in [0.3, 0.4) is 0 Å². The van der Waals surface area contributed by atoms with E-state index in [0.29, 0.717) is 0 Å². The third-order valence-electron chi connectivity index (χ3n) is 3.96. The van der Waals surface area contributed by atoms with Crippen LogP contribution in [-0.4, -0.2) is 19.0 Å². The fraction of sp³-hybridized carbons (Fsp3) is 0.625. The summed E-state index contributed by atoms with van der Waals surface area (Å²) in [6.45, 7) is 14.7. The van der Waals surface area contributed by atoms with E-state index in [1.54, 1.807) is 0 Å². The molecule has 1 rings (SSSR count). The first kappa shape index (κ1) is 16.4. The maximum Gasteiger partial charge on any atom is 0.193 e. The average Bonchev–Trinajstić information content (AvgIpc) is 2.24. The van der Waals surface area contributed by atoms with Gasteiger partial charge in [-0.05, 0) is 37.5 Å². The van der Waals surface area contributed by atoms with Gasteiger partial charge in [0.15, 0.2) is 8.32 Å². The zero-order valence-corrected chi connectivity index (χ0v) is 14.3. The molecule has 2 nitrogen and oxygen atoms in total. The van der Waals surface area contributed by atoms with E-state index >= 15 is 0 Å². The lowest BCUT2D eigenvalue weighted by atomic mass is 9.95. The fourth-order valence-corrected chi connectivity index (χ4v) is 3.09. The average molecular weight is 280 g/mol. The van der Waals surface area contributed by atoms with Crippen molar-refractivity contribution in [1.29, 1.82) is 0 Å². The minimum atomic E-state index is -1.92. The van der Waals surface area contributed by atoms with Gasteiger partial charge in [0.25, 0.3) is 0 Å². The second-order valence-corrected chi connectivity index (χ2v) is 12.1. The first-order chi connectivity index (χ1) is 8.45. The Morgan fingerprint density at radius 2 is 1.47 bits per heavy atom. The molecule has 0 bridgehead atoms. The van der Waals surface area contributed by atoms with E-state index in [2.05, 4.69) is 33.9 Å². The standard InChI is InChI=1S/C16H28O2Si/c1-15(2,3)19(6,7)18-14(16(4,5)17)13-11-9-8-10-12-13/h8-12,14,17H,1-7H3. The van der Waals surface area contributed by atoms with Gasteiger partial charge in [-0.1, -0.05) is 51.1 Å². The predicted octanol–water partition coefficient (Wildman–Crippen LogP) is 4.52. The second kappa shape index (κ2) is 5.39. The molecule has 0 aliphatic rings. The van der Waals surface area contributed by atoms with Gasteiger partial charge in [-0.3, -0.25) is 0 Å². The van der Waals surface area contributed by atoms with Gasteiger partial charge in [0, 0.05) is 0 Å². The molecule has 0 heterocycles. The van der Waals surface area contributed by atoms with Gasteiger partial charge in [-0.15, -0.1) is 0 Å². The number of benzene rings is 1. The van der Waals surface area contributed by atoms with Gasteiger partial charge in [0.1, 0.15) is 0 Å². The first-order valence-electron chi connectivity index (χ1n) is 6.90. The fourth-order valence-electron chi connectivity index (χ4n) is 1.72. The van der Waals surface area contributed by atoms with Crippen molar-refractivity contribution in [3.05, 3.63) is 35.9 Å². The highest BCUT2D eigenvalue weighted by Crippen LogP contribution is 2.42. The van der Waals surface area contributed by atoms with E-state index in [1.165, 1.54) is 0 Å². The third kappa shape index (κ3) is 4.16. The van der Waals surface area contributed by atoms with Crippen LogP contribution in [0, 0.1) is 0 Å². The van der Waals surface area contributed by atoms with E-state index in [9.17, 15) is 5.11 Å². The molecule has 0 aliphatic carbocycles. The second-order valence-electron chi connectivity index (χ2n) is 7.32. The van der Waals surface area contributed by atoms with Crippen LogP contribution in [0.25, 0.3) is 0 Å². The third-order valence-corrected chi connectivity index (χ3v) is 8.40. The summed E-state index contributed by atoms with van der Waals surface area (Å²) in [6, 6.07) is 10.0. The van der Waals surface area contributed by atoms with Gasteiger partial charge < -0.3 is 9.53 Å². The highest BCUT2D eigenvalue weighted by Gasteiger charge is 2.42. The maximum absolute atomic E-state index is 10.5. The van der Waals surface area contributed by atoms with Crippen molar-refractivity contribution < 1.29 is 9.53 Å². The lowest BCUT2D eigenvalue weighted by Gasteiger charge is -2.42. The molecule has 0 radical (unpaired) electrons. The van der Waals surface area contributed by atoms with E-state index in [4.69, 9.17) is 4.43 Å². The molecule has 0 amide bonds. The molecule has 108 valence electrons. The van der Waals surface area contributed by atoms with Gasteiger partial charge in [-0.2, -0.15) is 0 Å². The van der Waals surface area contributed by atoms with Crippen LogP contribution in [0.1, 0.15) is 46.3 Å². The Balaban J connectivity index is 3.09. The summed E-state index contributed by atoms with van der Waals surface area (Å²) in [4.78, 5) is 0. The summed E-state index contributed by atoms with van der Waals surface area (Å²) in [5.74, 6) is 0. The molecule has 1 atom stereocenters. The van der Waals surface area contributed by atoms with Crippen LogP contribution in [-0.2, 0) is 4.43 Å². The van der Waals surface area contributed by atoms with E-state index < -0.39 is 13.9 Å². The van der Waals surface area contributed by atoms with E-state index in [1.807, 2.05) is 44.2 Å². The summed E-state index contributed by atoms with van der Waals surface area (Å²) >= 11 is 0. The zero-order valence-electron chi connectivity index (χ0n) is 13.3. The molecule has 3 heteroatoms. The van der Waals surface area contributed by atoms with Gasteiger partial charge in [0.2, 0.25) is 0 Å². The summed E-state index contributed by atoms with van der Waals surface area (Å²) in [7, 11) is -1.92. The number of aliphatic hydroxyl groups is 1. The molecule has 0 spiro atoms. The molecule has 1 N–H and O–H groups in total. The van der Waals surface area contributed by atoms with Crippen molar-refractivity contribution in [2.75, 3.05) is 0 Å². The molecule has 19 heavy (non-hydrogen) atoms. The monoisotopic (exact) mass is 280 g/mol. The molecule has 1 aromatic carbocycles. The van der Waals surface area contributed by atoms with Crippen molar-refractivity contribution in [1.82, 2.24) is 0 Å². The quantitative estimate of drug-likeness (QED) is 0.822. The van der Waals surface area contributed by atoms with Crippen LogP contribution in [0.4, 0.5) is 0 Å². The minimum absolute atomic E-state index is 0.130. The maximum atomic E-state index is 10.5. The highest BCUT2D eigenvalue weighted by atomic mass is 28.4.